The molecule has 0 spiro atoms. The van der Waals surface area contributed by atoms with Crippen LogP contribution in [0.4, 0.5) is 5.82 Å². The Labute approximate surface area is 149 Å². The van der Waals surface area contributed by atoms with Gasteiger partial charge in [-0.3, -0.25) is 14.5 Å². The van der Waals surface area contributed by atoms with E-state index in [0.717, 1.165) is 11.3 Å². The Morgan fingerprint density at radius 3 is 3.00 bits per heavy atom. The summed E-state index contributed by atoms with van der Waals surface area (Å²) in [5, 5.41) is 7.06. The summed E-state index contributed by atoms with van der Waals surface area (Å²) in [4.78, 5) is 16.3. The van der Waals surface area contributed by atoms with Crippen LogP contribution in [0.1, 0.15) is 11.3 Å². The van der Waals surface area contributed by atoms with E-state index in [4.69, 9.17) is 9.47 Å². The fourth-order valence-corrected chi connectivity index (χ4v) is 2.53. The van der Waals surface area contributed by atoms with Crippen molar-refractivity contribution in [3.05, 3.63) is 72.2 Å². The minimum absolute atomic E-state index is 0.226. The molecule has 0 radical (unpaired) electrons. The Morgan fingerprint density at radius 1 is 1.19 bits per heavy atom. The maximum Gasteiger partial charge on any atom is 0.249 e. The molecule has 1 N–H and O–H groups in total. The van der Waals surface area contributed by atoms with Gasteiger partial charge in [0.2, 0.25) is 12.7 Å². The molecule has 1 aromatic carbocycles. The summed E-state index contributed by atoms with van der Waals surface area (Å²) in [6.07, 6.45) is 6.70. The number of nitrogens with zero attached hydrogens (tertiary/aromatic N) is 3. The number of nitrogens with one attached hydrogen (secondary N) is 1. The lowest BCUT2D eigenvalue weighted by Crippen LogP contribution is -2.09. The molecule has 130 valence electrons. The molecule has 0 saturated carbocycles. The number of amides is 1. The van der Waals surface area contributed by atoms with Gasteiger partial charge in [-0.15, -0.1) is 0 Å². The van der Waals surface area contributed by atoms with E-state index in [1.807, 2.05) is 36.4 Å². The first-order chi connectivity index (χ1) is 12.8. The van der Waals surface area contributed by atoms with Gasteiger partial charge in [-0.25, -0.2) is 0 Å². The smallest absolute Gasteiger partial charge is 0.249 e. The maximum atomic E-state index is 12.1. The third kappa shape index (κ3) is 3.72. The summed E-state index contributed by atoms with van der Waals surface area (Å²) in [6.45, 7) is 0.772. The summed E-state index contributed by atoms with van der Waals surface area (Å²) in [7, 11) is 0. The molecular weight excluding hydrogens is 332 g/mol. The van der Waals surface area contributed by atoms with E-state index < -0.39 is 0 Å². The highest BCUT2D eigenvalue weighted by molar-refractivity contribution is 6.01. The molecule has 7 heteroatoms. The molecule has 0 fully saturated rings. The van der Waals surface area contributed by atoms with Crippen molar-refractivity contribution in [3.8, 4) is 11.5 Å². The molecule has 0 saturated heterocycles. The van der Waals surface area contributed by atoms with E-state index in [9.17, 15) is 4.79 Å². The Bertz CT molecular complexity index is 950. The zero-order valence-corrected chi connectivity index (χ0v) is 13.8. The molecule has 7 nitrogen and oxygen atoms in total. The van der Waals surface area contributed by atoms with Crippen LogP contribution in [0, 0.1) is 0 Å². The molecule has 0 bridgehead atoms. The second-order valence-electron chi connectivity index (χ2n) is 5.65. The number of anilines is 1. The second-order valence-corrected chi connectivity index (χ2v) is 5.65. The van der Waals surface area contributed by atoms with Gasteiger partial charge < -0.3 is 14.8 Å². The topological polar surface area (TPSA) is 78.3 Å². The number of hydrogen-bond acceptors (Lipinski definition) is 5. The van der Waals surface area contributed by atoms with Crippen LogP contribution in [0.5, 0.6) is 11.5 Å². The van der Waals surface area contributed by atoms with E-state index in [-0.39, 0.29) is 12.7 Å². The summed E-state index contributed by atoms with van der Waals surface area (Å²) >= 11 is 0. The molecule has 4 rings (SSSR count). The average molecular weight is 348 g/mol. The van der Waals surface area contributed by atoms with Crippen molar-refractivity contribution in [1.82, 2.24) is 14.8 Å². The molecule has 0 atom stereocenters. The average Bonchev–Trinajstić information content (AvgIpc) is 3.29. The van der Waals surface area contributed by atoms with Gasteiger partial charge in [0, 0.05) is 24.5 Å². The standard InChI is InChI=1S/C19H16N4O3/c24-19(7-5-14-4-6-16-17(11-14)26-13-25-16)21-18-8-10-23(22-18)12-15-3-1-2-9-20-15/h1-11H,12-13H2,(H,21,22,24). The van der Waals surface area contributed by atoms with Gasteiger partial charge in [0.05, 0.1) is 12.2 Å². The van der Waals surface area contributed by atoms with Crippen molar-refractivity contribution in [2.45, 2.75) is 6.54 Å². The minimum Gasteiger partial charge on any atom is -0.454 e. The predicted octanol–water partition coefficient (Wildman–Crippen LogP) is 2.71. The predicted molar refractivity (Wildman–Crippen MR) is 95.8 cm³/mol. The first kappa shape index (κ1) is 15.9. The quantitative estimate of drug-likeness (QED) is 0.717. The van der Waals surface area contributed by atoms with Gasteiger partial charge in [0.15, 0.2) is 17.3 Å². The van der Waals surface area contributed by atoms with E-state index >= 15 is 0 Å². The Hall–Kier alpha value is -3.61. The fourth-order valence-electron chi connectivity index (χ4n) is 2.53. The minimum atomic E-state index is -0.259. The summed E-state index contributed by atoms with van der Waals surface area (Å²) in [5.41, 5.74) is 1.75. The fraction of sp³-hybridized carbons (Fsp3) is 0.105. The number of pyridine rings is 1. The van der Waals surface area contributed by atoms with Gasteiger partial charge in [-0.1, -0.05) is 12.1 Å². The van der Waals surface area contributed by atoms with Crippen LogP contribution >= 0.6 is 0 Å². The van der Waals surface area contributed by atoms with Gasteiger partial charge in [0.25, 0.3) is 0 Å². The van der Waals surface area contributed by atoms with E-state index in [2.05, 4.69) is 15.4 Å². The summed E-state index contributed by atoms with van der Waals surface area (Å²) in [5.74, 6) is 1.62. The number of benzene rings is 1. The monoisotopic (exact) mass is 348 g/mol. The first-order valence-electron chi connectivity index (χ1n) is 8.08. The van der Waals surface area contributed by atoms with Crippen LogP contribution < -0.4 is 14.8 Å². The Kier molecular flexibility index (Phi) is 4.34. The van der Waals surface area contributed by atoms with Gasteiger partial charge >= 0.3 is 0 Å². The van der Waals surface area contributed by atoms with Crippen molar-refractivity contribution in [2.75, 3.05) is 12.1 Å². The van der Waals surface area contributed by atoms with Gasteiger partial charge in [-0.2, -0.15) is 5.10 Å². The molecule has 3 aromatic rings. The molecule has 0 aliphatic carbocycles. The van der Waals surface area contributed by atoms with E-state index in [1.165, 1.54) is 6.08 Å². The Balaban J connectivity index is 1.36. The zero-order chi connectivity index (χ0) is 17.8. The third-order valence-corrected chi connectivity index (χ3v) is 3.77. The molecular formula is C19H16N4O3. The highest BCUT2D eigenvalue weighted by atomic mass is 16.7. The van der Waals surface area contributed by atoms with Crippen molar-refractivity contribution < 1.29 is 14.3 Å². The van der Waals surface area contributed by atoms with E-state index in [0.29, 0.717) is 23.9 Å². The zero-order valence-electron chi connectivity index (χ0n) is 13.8. The lowest BCUT2D eigenvalue weighted by Gasteiger charge is -2.01. The molecule has 1 aliphatic rings. The maximum absolute atomic E-state index is 12.1. The first-order valence-corrected chi connectivity index (χ1v) is 8.08. The number of carbonyl (C=O) groups excluding carboxylic acids is 1. The molecule has 26 heavy (non-hydrogen) atoms. The van der Waals surface area contributed by atoms with Crippen LogP contribution in [-0.4, -0.2) is 27.5 Å². The summed E-state index contributed by atoms with van der Waals surface area (Å²) in [6, 6.07) is 13.0. The lowest BCUT2D eigenvalue weighted by molar-refractivity contribution is -0.111. The number of ether oxygens (including phenoxy) is 2. The highest BCUT2D eigenvalue weighted by Crippen LogP contribution is 2.32. The highest BCUT2D eigenvalue weighted by Gasteiger charge is 2.12. The number of hydrogen-bond donors (Lipinski definition) is 1. The van der Waals surface area contributed by atoms with Crippen molar-refractivity contribution in [2.24, 2.45) is 0 Å². The largest absolute Gasteiger partial charge is 0.454 e. The van der Waals surface area contributed by atoms with E-state index in [1.54, 1.807) is 29.2 Å². The van der Waals surface area contributed by atoms with Crippen LogP contribution in [0.15, 0.2) is 60.9 Å². The van der Waals surface area contributed by atoms with Crippen LogP contribution in [0.2, 0.25) is 0 Å². The lowest BCUT2D eigenvalue weighted by atomic mass is 10.2. The number of fused-ring (bicyclic) bond motifs is 1. The van der Waals surface area contributed by atoms with Gasteiger partial charge in [0.1, 0.15) is 0 Å². The third-order valence-electron chi connectivity index (χ3n) is 3.77. The van der Waals surface area contributed by atoms with Crippen LogP contribution in [-0.2, 0) is 11.3 Å². The molecule has 2 aromatic heterocycles. The number of rotatable bonds is 5. The molecule has 1 amide bonds. The SMILES string of the molecule is O=C(C=Cc1ccc2c(c1)OCO2)Nc1ccn(Cc2ccccn2)n1. The molecule has 0 unspecified atom stereocenters. The number of aromatic nitrogens is 3. The molecule has 3 heterocycles. The number of carbonyl (C=O) groups is 1. The molecule has 1 aliphatic heterocycles. The Morgan fingerprint density at radius 2 is 2.12 bits per heavy atom. The van der Waals surface area contributed by atoms with Crippen LogP contribution in [0.25, 0.3) is 6.08 Å². The van der Waals surface area contributed by atoms with Crippen molar-refractivity contribution >= 4 is 17.8 Å². The second kappa shape index (κ2) is 7.10. The normalized spacial score (nSPS) is 12.5. The van der Waals surface area contributed by atoms with Crippen LogP contribution in [0.3, 0.4) is 0 Å². The van der Waals surface area contributed by atoms with Crippen molar-refractivity contribution in [1.29, 1.82) is 0 Å². The van der Waals surface area contributed by atoms with Gasteiger partial charge in [-0.05, 0) is 35.9 Å². The van der Waals surface area contributed by atoms with Crippen molar-refractivity contribution in [3.63, 3.8) is 0 Å². The summed E-state index contributed by atoms with van der Waals surface area (Å²) < 4.78 is 12.3.